The molecule has 1 unspecified atom stereocenters. The van der Waals surface area contributed by atoms with Gasteiger partial charge in [-0.2, -0.15) is 11.8 Å². The number of rotatable bonds is 8. The van der Waals surface area contributed by atoms with E-state index in [1.165, 1.54) is 23.5 Å². The third kappa shape index (κ3) is 6.07. The summed E-state index contributed by atoms with van der Waals surface area (Å²) in [6.07, 6.45) is 3.90. The number of carbonyl (C=O) groups excluding carboxylic acids is 3. The fraction of sp³-hybridized carbons (Fsp3) is 0.500. The fourth-order valence-electron chi connectivity index (χ4n) is 2.69. The molecule has 1 aromatic rings. The van der Waals surface area contributed by atoms with Crippen molar-refractivity contribution in [2.75, 3.05) is 25.1 Å². The van der Waals surface area contributed by atoms with Gasteiger partial charge in [0, 0.05) is 4.90 Å². The summed E-state index contributed by atoms with van der Waals surface area (Å²) < 4.78 is 15.6. The standard InChI is InChI=1S/C18H24BNO7S2/c1-10(2)17(22)25-9-26-18(23)15-12(29-4)6-5-11-7-13(19(24)27-16(11)15)20-14(21)8-28-3/h5-6,10,13,24H,7-9H2,1-4H3,(H,20,21). The lowest BCUT2D eigenvalue weighted by molar-refractivity contribution is -0.155. The van der Waals surface area contributed by atoms with Gasteiger partial charge in [0.1, 0.15) is 11.3 Å². The number of amides is 1. The maximum atomic E-state index is 12.6. The molecule has 29 heavy (non-hydrogen) atoms. The molecule has 11 heteroatoms. The van der Waals surface area contributed by atoms with Crippen molar-refractivity contribution in [3.8, 4) is 5.75 Å². The van der Waals surface area contributed by atoms with Crippen LogP contribution in [0.15, 0.2) is 17.0 Å². The van der Waals surface area contributed by atoms with E-state index in [-0.39, 0.29) is 28.9 Å². The Morgan fingerprint density at radius 1 is 1.31 bits per heavy atom. The van der Waals surface area contributed by atoms with Gasteiger partial charge in [0.2, 0.25) is 12.7 Å². The summed E-state index contributed by atoms with van der Waals surface area (Å²) in [7, 11) is -1.31. The average molecular weight is 441 g/mol. The van der Waals surface area contributed by atoms with Crippen molar-refractivity contribution in [2.45, 2.75) is 31.1 Å². The minimum atomic E-state index is -1.31. The summed E-state index contributed by atoms with van der Waals surface area (Å²) in [6.45, 7) is 2.84. The van der Waals surface area contributed by atoms with Crippen LogP contribution in [0, 0.1) is 5.92 Å². The Hall–Kier alpha value is -1.85. The highest BCUT2D eigenvalue weighted by molar-refractivity contribution is 7.99. The number of fused-ring (bicyclic) bond motifs is 1. The highest BCUT2D eigenvalue weighted by Crippen LogP contribution is 2.36. The Morgan fingerprint density at radius 3 is 2.66 bits per heavy atom. The molecule has 0 aromatic heterocycles. The van der Waals surface area contributed by atoms with Crippen molar-refractivity contribution in [3.63, 3.8) is 0 Å². The zero-order valence-corrected chi connectivity index (χ0v) is 18.4. The summed E-state index contributed by atoms with van der Waals surface area (Å²) in [5.74, 6) is -1.89. The summed E-state index contributed by atoms with van der Waals surface area (Å²) in [4.78, 5) is 36.6. The van der Waals surface area contributed by atoms with Crippen molar-refractivity contribution in [1.29, 1.82) is 0 Å². The van der Waals surface area contributed by atoms with Gasteiger partial charge >= 0.3 is 19.1 Å². The SMILES string of the molecule is CSCC(=O)NC1Cc2ccc(SC)c(C(=O)OCOC(=O)C(C)C)c2OB1O. The van der Waals surface area contributed by atoms with Crippen molar-refractivity contribution in [2.24, 2.45) is 5.92 Å². The molecule has 1 aliphatic heterocycles. The van der Waals surface area contributed by atoms with Crippen LogP contribution < -0.4 is 9.97 Å². The second-order valence-electron chi connectivity index (χ2n) is 6.62. The van der Waals surface area contributed by atoms with Crippen LogP contribution in [0.25, 0.3) is 0 Å². The van der Waals surface area contributed by atoms with Crippen LogP contribution in [0.4, 0.5) is 0 Å². The van der Waals surface area contributed by atoms with Gasteiger partial charge in [-0.3, -0.25) is 9.59 Å². The normalized spacial score (nSPS) is 15.4. The van der Waals surface area contributed by atoms with Gasteiger partial charge in [-0.25, -0.2) is 4.79 Å². The molecule has 1 atom stereocenters. The molecule has 0 spiro atoms. The first-order valence-electron chi connectivity index (χ1n) is 8.95. The van der Waals surface area contributed by atoms with Crippen LogP contribution in [0.2, 0.25) is 0 Å². The van der Waals surface area contributed by atoms with Crippen LogP contribution in [0.5, 0.6) is 5.75 Å². The van der Waals surface area contributed by atoms with Gasteiger partial charge in [0.25, 0.3) is 0 Å². The number of ether oxygens (including phenoxy) is 2. The Morgan fingerprint density at radius 2 is 2.03 bits per heavy atom. The molecule has 0 aliphatic carbocycles. The van der Waals surface area contributed by atoms with Gasteiger partial charge in [-0.1, -0.05) is 19.9 Å². The predicted octanol–water partition coefficient (Wildman–Crippen LogP) is 1.52. The van der Waals surface area contributed by atoms with E-state index in [0.717, 1.165) is 0 Å². The molecule has 8 nitrogen and oxygen atoms in total. The van der Waals surface area contributed by atoms with E-state index in [1.807, 2.05) is 6.26 Å². The maximum Gasteiger partial charge on any atom is 0.547 e. The molecule has 158 valence electrons. The number of esters is 2. The maximum absolute atomic E-state index is 12.6. The smallest absolute Gasteiger partial charge is 0.534 e. The molecule has 0 bridgehead atoms. The molecule has 2 N–H and O–H groups in total. The third-order valence-corrected chi connectivity index (χ3v) is 5.46. The number of benzene rings is 1. The van der Waals surface area contributed by atoms with E-state index in [4.69, 9.17) is 14.1 Å². The van der Waals surface area contributed by atoms with Crippen LogP contribution in [0.1, 0.15) is 29.8 Å². The molecular formula is C18H24BNO7S2. The Kier molecular flexibility index (Phi) is 8.72. The lowest BCUT2D eigenvalue weighted by Gasteiger charge is -2.29. The molecule has 2 rings (SSSR count). The zero-order chi connectivity index (χ0) is 21.6. The summed E-state index contributed by atoms with van der Waals surface area (Å²) in [5, 5.41) is 13.1. The topological polar surface area (TPSA) is 111 Å². The first kappa shape index (κ1) is 23.4. The van der Waals surface area contributed by atoms with Crippen molar-refractivity contribution >= 4 is 48.5 Å². The van der Waals surface area contributed by atoms with E-state index in [9.17, 15) is 19.4 Å². The van der Waals surface area contributed by atoms with E-state index < -0.39 is 31.8 Å². The minimum Gasteiger partial charge on any atom is -0.534 e. The first-order chi connectivity index (χ1) is 13.8. The Bertz CT molecular complexity index is 775. The average Bonchev–Trinajstić information content (AvgIpc) is 2.67. The second-order valence-corrected chi connectivity index (χ2v) is 8.33. The van der Waals surface area contributed by atoms with Gasteiger partial charge in [0.15, 0.2) is 0 Å². The Balaban J connectivity index is 2.19. The van der Waals surface area contributed by atoms with Gasteiger partial charge in [-0.15, -0.1) is 11.8 Å². The third-order valence-electron chi connectivity index (χ3n) is 4.13. The zero-order valence-electron chi connectivity index (χ0n) is 16.7. The number of nitrogens with one attached hydrogen (secondary N) is 1. The molecule has 1 aromatic carbocycles. The molecule has 1 amide bonds. The fourth-order valence-corrected chi connectivity index (χ4v) is 3.62. The van der Waals surface area contributed by atoms with Crippen LogP contribution in [-0.4, -0.2) is 61.0 Å². The van der Waals surface area contributed by atoms with E-state index in [0.29, 0.717) is 16.9 Å². The predicted molar refractivity (Wildman–Crippen MR) is 112 cm³/mol. The van der Waals surface area contributed by atoms with Crippen LogP contribution in [0.3, 0.4) is 0 Å². The highest BCUT2D eigenvalue weighted by atomic mass is 32.2. The summed E-state index contributed by atoms with van der Waals surface area (Å²) >= 11 is 2.69. The van der Waals surface area contributed by atoms with Crippen LogP contribution in [-0.2, 0) is 25.5 Å². The molecule has 0 saturated carbocycles. The van der Waals surface area contributed by atoms with Gasteiger partial charge in [0.05, 0.1) is 17.6 Å². The van der Waals surface area contributed by atoms with Crippen molar-refractivity contribution < 1.29 is 33.5 Å². The minimum absolute atomic E-state index is 0.156. The largest absolute Gasteiger partial charge is 0.547 e. The van der Waals surface area contributed by atoms with E-state index in [1.54, 1.807) is 32.2 Å². The summed E-state index contributed by atoms with van der Waals surface area (Å²) in [5.41, 5.74) is 0.817. The number of hydrogen-bond donors (Lipinski definition) is 2. The number of thioether (sulfide) groups is 2. The monoisotopic (exact) mass is 441 g/mol. The second kappa shape index (κ2) is 10.8. The molecule has 0 fully saturated rings. The van der Waals surface area contributed by atoms with Gasteiger partial charge in [-0.05, 0) is 30.6 Å². The molecule has 1 aliphatic rings. The Labute approximate surface area is 178 Å². The lowest BCUT2D eigenvalue weighted by atomic mass is 9.72. The summed E-state index contributed by atoms with van der Waals surface area (Å²) in [6, 6.07) is 3.54. The molecular weight excluding hydrogens is 417 g/mol. The van der Waals surface area contributed by atoms with E-state index in [2.05, 4.69) is 5.32 Å². The van der Waals surface area contributed by atoms with Gasteiger partial charge < -0.3 is 24.5 Å². The quantitative estimate of drug-likeness (QED) is 0.269. The first-order valence-corrected chi connectivity index (χ1v) is 11.6. The van der Waals surface area contributed by atoms with Crippen LogP contribution >= 0.6 is 23.5 Å². The molecule has 0 radical (unpaired) electrons. The molecule has 0 saturated heterocycles. The number of carbonyl (C=O) groups is 3. The van der Waals surface area contributed by atoms with Crippen molar-refractivity contribution in [1.82, 2.24) is 5.32 Å². The molecule has 1 heterocycles. The van der Waals surface area contributed by atoms with Crippen molar-refractivity contribution in [3.05, 3.63) is 23.3 Å². The lowest BCUT2D eigenvalue weighted by Crippen LogP contribution is -2.53. The van der Waals surface area contributed by atoms with E-state index >= 15 is 0 Å². The highest BCUT2D eigenvalue weighted by Gasteiger charge is 2.38. The number of hydrogen-bond acceptors (Lipinski definition) is 9.